The number of nitrogens with one attached hydrogen (secondary N) is 2. The fourth-order valence-corrected chi connectivity index (χ4v) is 3.85. The Labute approximate surface area is 156 Å². The van der Waals surface area contributed by atoms with Crippen molar-refractivity contribution in [2.24, 2.45) is 0 Å². The monoisotopic (exact) mass is 377 g/mol. The number of thiophene rings is 1. The van der Waals surface area contributed by atoms with E-state index in [2.05, 4.69) is 10.6 Å². The number of benzene rings is 1. The highest BCUT2D eigenvalue weighted by Gasteiger charge is 2.28. The average molecular weight is 378 g/mol. The van der Waals surface area contributed by atoms with Crippen molar-refractivity contribution in [2.45, 2.75) is 12.5 Å². The molecule has 0 bridgehead atoms. The summed E-state index contributed by atoms with van der Waals surface area (Å²) in [5.74, 6) is -0.108. The van der Waals surface area contributed by atoms with Gasteiger partial charge in [-0.1, -0.05) is 35.9 Å². The first-order valence-electron chi connectivity index (χ1n) is 8.23. The van der Waals surface area contributed by atoms with Crippen LogP contribution in [0.5, 0.6) is 0 Å². The quantitative estimate of drug-likeness (QED) is 0.842. The zero-order valence-electron chi connectivity index (χ0n) is 13.7. The molecule has 0 spiro atoms. The number of amides is 2. The molecule has 1 aromatic carbocycles. The van der Waals surface area contributed by atoms with Crippen LogP contribution >= 0.6 is 22.9 Å². The number of hydrogen-bond acceptors (Lipinski definition) is 4. The molecular weight excluding hydrogens is 358 g/mol. The van der Waals surface area contributed by atoms with Crippen LogP contribution in [0.25, 0.3) is 0 Å². The summed E-state index contributed by atoms with van der Waals surface area (Å²) < 4.78 is 0. The van der Waals surface area contributed by atoms with Crippen LogP contribution in [0.2, 0.25) is 5.02 Å². The molecule has 25 heavy (non-hydrogen) atoms. The van der Waals surface area contributed by atoms with Crippen molar-refractivity contribution in [2.75, 3.05) is 26.2 Å². The smallest absolute Gasteiger partial charge is 0.261 e. The zero-order valence-corrected chi connectivity index (χ0v) is 15.3. The summed E-state index contributed by atoms with van der Waals surface area (Å²) in [6, 6.07) is 11.1. The lowest BCUT2D eigenvalue weighted by molar-refractivity contribution is -0.134. The maximum absolute atomic E-state index is 12.7. The number of halogens is 1. The van der Waals surface area contributed by atoms with E-state index in [1.165, 1.54) is 11.3 Å². The van der Waals surface area contributed by atoms with Gasteiger partial charge in [0.25, 0.3) is 5.91 Å². The SMILES string of the molecule is O=C(NCCC(=O)N1CCNCC1c1ccccc1Cl)c1cccs1. The highest BCUT2D eigenvalue weighted by atomic mass is 35.5. The molecule has 7 heteroatoms. The third-order valence-corrected chi connectivity index (χ3v) is 5.41. The van der Waals surface area contributed by atoms with E-state index in [0.29, 0.717) is 29.5 Å². The molecule has 2 heterocycles. The van der Waals surface area contributed by atoms with Crippen molar-refractivity contribution in [3.05, 3.63) is 57.2 Å². The molecule has 1 aliphatic heterocycles. The molecule has 0 aliphatic carbocycles. The van der Waals surface area contributed by atoms with Crippen LogP contribution in [-0.2, 0) is 4.79 Å². The van der Waals surface area contributed by atoms with Gasteiger partial charge < -0.3 is 15.5 Å². The summed E-state index contributed by atoms with van der Waals surface area (Å²) in [5, 5.41) is 8.64. The maximum Gasteiger partial charge on any atom is 0.261 e. The first-order valence-corrected chi connectivity index (χ1v) is 9.49. The molecule has 1 aromatic heterocycles. The van der Waals surface area contributed by atoms with Crippen LogP contribution in [0.15, 0.2) is 41.8 Å². The molecule has 132 valence electrons. The standard InChI is InChI=1S/C18H20ClN3O2S/c19-14-5-2-1-4-13(14)15-12-20-9-10-22(15)17(23)7-8-21-18(24)16-6-3-11-25-16/h1-6,11,15,20H,7-10,12H2,(H,21,24). The molecule has 1 saturated heterocycles. The number of nitrogens with zero attached hydrogens (tertiary/aromatic N) is 1. The number of carbonyl (C=O) groups excluding carboxylic acids is 2. The Kier molecular flexibility index (Phi) is 6.07. The topological polar surface area (TPSA) is 61.4 Å². The predicted molar refractivity (Wildman–Crippen MR) is 100 cm³/mol. The molecule has 5 nitrogen and oxygen atoms in total. The van der Waals surface area contributed by atoms with Crippen molar-refractivity contribution < 1.29 is 9.59 Å². The van der Waals surface area contributed by atoms with E-state index in [1.54, 1.807) is 6.07 Å². The van der Waals surface area contributed by atoms with E-state index >= 15 is 0 Å². The lowest BCUT2D eigenvalue weighted by atomic mass is 10.0. The van der Waals surface area contributed by atoms with Crippen molar-refractivity contribution in [1.29, 1.82) is 0 Å². The average Bonchev–Trinajstić information content (AvgIpc) is 3.17. The van der Waals surface area contributed by atoms with E-state index < -0.39 is 0 Å². The number of rotatable bonds is 5. The number of hydrogen-bond donors (Lipinski definition) is 2. The van der Waals surface area contributed by atoms with Gasteiger partial charge in [-0.2, -0.15) is 0 Å². The van der Waals surface area contributed by atoms with Crippen LogP contribution in [0, 0.1) is 0 Å². The van der Waals surface area contributed by atoms with Gasteiger partial charge in [-0.3, -0.25) is 9.59 Å². The van der Waals surface area contributed by atoms with Crippen molar-refractivity contribution in [1.82, 2.24) is 15.5 Å². The molecule has 1 unspecified atom stereocenters. The molecule has 2 aromatic rings. The molecule has 3 rings (SSSR count). The van der Waals surface area contributed by atoms with E-state index in [1.807, 2.05) is 40.6 Å². The number of piperazine rings is 1. The summed E-state index contributed by atoms with van der Waals surface area (Å²) >= 11 is 7.70. The minimum atomic E-state index is -0.134. The van der Waals surface area contributed by atoms with E-state index in [4.69, 9.17) is 11.6 Å². The minimum Gasteiger partial charge on any atom is -0.351 e. The van der Waals surface area contributed by atoms with Crippen LogP contribution in [0.1, 0.15) is 27.7 Å². The van der Waals surface area contributed by atoms with Gasteiger partial charge in [-0.05, 0) is 23.1 Å². The van der Waals surface area contributed by atoms with Gasteiger partial charge in [0.15, 0.2) is 0 Å². The van der Waals surface area contributed by atoms with Crippen LogP contribution in [0.3, 0.4) is 0 Å². The molecule has 0 saturated carbocycles. The van der Waals surface area contributed by atoms with Crippen molar-refractivity contribution in [3.63, 3.8) is 0 Å². The van der Waals surface area contributed by atoms with Gasteiger partial charge in [-0.15, -0.1) is 11.3 Å². The molecule has 1 aliphatic rings. The Morgan fingerprint density at radius 2 is 2.12 bits per heavy atom. The highest BCUT2D eigenvalue weighted by molar-refractivity contribution is 7.12. The summed E-state index contributed by atoms with van der Waals surface area (Å²) in [6.45, 7) is 2.40. The third kappa shape index (κ3) is 4.39. The van der Waals surface area contributed by atoms with E-state index in [9.17, 15) is 9.59 Å². The van der Waals surface area contributed by atoms with Crippen molar-refractivity contribution >= 4 is 34.8 Å². The fourth-order valence-electron chi connectivity index (χ4n) is 2.95. The Morgan fingerprint density at radius 1 is 1.28 bits per heavy atom. The third-order valence-electron chi connectivity index (χ3n) is 4.20. The largest absolute Gasteiger partial charge is 0.351 e. The summed E-state index contributed by atoms with van der Waals surface area (Å²) in [5.41, 5.74) is 0.951. The van der Waals surface area contributed by atoms with Gasteiger partial charge in [0.2, 0.25) is 5.91 Å². The Bertz CT molecular complexity index is 736. The van der Waals surface area contributed by atoms with E-state index in [-0.39, 0.29) is 24.3 Å². The fraction of sp³-hybridized carbons (Fsp3) is 0.333. The number of carbonyl (C=O) groups is 2. The lowest BCUT2D eigenvalue weighted by Gasteiger charge is -2.37. The van der Waals surface area contributed by atoms with E-state index in [0.717, 1.165) is 12.1 Å². The van der Waals surface area contributed by atoms with Crippen LogP contribution < -0.4 is 10.6 Å². The van der Waals surface area contributed by atoms with Gasteiger partial charge in [-0.25, -0.2) is 0 Å². The minimum absolute atomic E-state index is 0.0258. The van der Waals surface area contributed by atoms with Gasteiger partial charge in [0.05, 0.1) is 10.9 Å². The molecule has 0 radical (unpaired) electrons. The maximum atomic E-state index is 12.7. The van der Waals surface area contributed by atoms with Crippen LogP contribution in [0.4, 0.5) is 0 Å². The van der Waals surface area contributed by atoms with Crippen LogP contribution in [-0.4, -0.2) is 42.9 Å². The van der Waals surface area contributed by atoms with Gasteiger partial charge in [0.1, 0.15) is 0 Å². The second-order valence-electron chi connectivity index (χ2n) is 5.81. The first-order chi connectivity index (χ1) is 12.2. The molecular formula is C18H20ClN3O2S. The zero-order chi connectivity index (χ0) is 17.6. The highest BCUT2D eigenvalue weighted by Crippen LogP contribution is 2.28. The molecule has 2 N–H and O–H groups in total. The summed E-state index contributed by atoms with van der Waals surface area (Å²) in [4.78, 5) is 27.1. The Morgan fingerprint density at radius 3 is 2.88 bits per heavy atom. The van der Waals surface area contributed by atoms with Gasteiger partial charge >= 0.3 is 0 Å². The van der Waals surface area contributed by atoms with Crippen molar-refractivity contribution in [3.8, 4) is 0 Å². The second kappa shape index (κ2) is 8.47. The second-order valence-corrected chi connectivity index (χ2v) is 7.17. The van der Waals surface area contributed by atoms with Gasteiger partial charge in [0, 0.05) is 37.6 Å². The molecule has 1 atom stereocenters. The normalized spacial score (nSPS) is 17.3. The summed E-state index contributed by atoms with van der Waals surface area (Å²) in [6.07, 6.45) is 0.276. The molecule has 1 fully saturated rings. The lowest BCUT2D eigenvalue weighted by Crippen LogP contribution is -2.49. The Balaban J connectivity index is 1.59. The predicted octanol–water partition coefficient (Wildman–Crippen LogP) is 2.69. The Hall–Kier alpha value is -1.89. The first kappa shape index (κ1) is 17.9. The summed E-state index contributed by atoms with van der Waals surface area (Å²) in [7, 11) is 0. The molecule has 2 amide bonds.